The van der Waals surface area contributed by atoms with Gasteiger partial charge in [0.15, 0.2) is 5.82 Å². The van der Waals surface area contributed by atoms with E-state index in [1.54, 1.807) is 40.2 Å². The lowest BCUT2D eigenvalue weighted by atomic mass is 10.6. The Morgan fingerprint density at radius 3 is 2.31 bits per heavy atom. The zero-order valence-corrected chi connectivity index (χ0v) is 8.30. The summed E-state index contributed by atoms with van der Waals surface area (Å²) in [4.78, 5) is 8.49. The predicted molar refractivity (Wildman–Crippen MR) is 56.3 cm³/mol. The van der Waals surface area contributed by atoms with E-state index in [4.69, 9.17) is 0 Å². The molecule has 3 aromatic rings. The van der Waals surface area contributed by atoms with E-state index in [0.29, 0.717) is 11.8 Å². The second-order valence-electron chi connectivity index (χ2n) is 3.12. The summed E-state index contributed by atoms with van der Waals surface area (Å²) >= 11 is 0. The third-order valence-corrected chi connectivity index (χ3v) is 2.08. The first kappa shape index (κ1) is 8.78. The molecule has 3 heterocycles. The molecular weight excluding hydrogens is 204 g/mol. The zero-order chi connectivity index (χ0) is 10.8. The third-order valence-electron chi connectivity index (χ3n) is 2.08. The Balaban J connectivity index is 2.07. The number of aromatic nitrogens is 6. The van der Waals surface area contributed by atoms with Crippen molar-refractivity contribution >= 4 is 0 Å². The maximum atomic E-state index is 4.35. The minimum absolute atomic E-state index is 0.526. The molecule has 0 aliphatic rings. The van der Waals surface area contributed by atoms with Gasteiger partial charge < -0.3 is 0 Å². The zero-order valence-electron chi connectivity index (χ0n) is 8.30. The lowest BCUT2D eigenvalue weighted by Gasteiger charge is -2.02. The van der Waals surface area contributed by atoms with Gasteiger partial charge in [0.05, 0.1) is 0 Å². The average molecular weight is 212 g/mol. The van der Waals surface area contributed by atoms with Gasteiger partial charge in [0, 0.05) is 37.1 Å². The molecule has 0 saturated carbocycles. The van der Waals surface area contributed by atoms with Crippen LogP contribution in [0.1, 0.15) is 0 Å². The second kappa shape index (κ2) is 3.58. The predicted octanol–water partition coefficient (Wildman–Crippen LogP) is 0.848. The van der Waals surface area contributed by atoms with Crippen LogP contribution in [0.3, 0.4) is 0 Å². The van der Waals surface area contributed by atoms with Crippen molar-refractivity contribution in [2.24, 2.45) is 0 Å². The monoisotopic (exact) mass is 212 g/mol. The molecule has 6 heteroatoms. The Kier molecular flexibility index (Phi) is 1.96. The highest BCUT2D eigenvalue weighted by atomic mass is 15.4. The molecule has 78 valence electrons. The first-order valence-corrected chi connectivity index (χ1v) is 4.76. The Morgan fingerprint density at radius 1 is 0.875 bits per heavy atom. The number of rotatable bonds is 2. The summed E-state index contributed by atoms with van der Waals surface area (Å²) in [6.45, 7) is 0. The van der Waals surface area contributed by atoms with Crippen molar-refractivity contribution < 1.29 is 0 Å². The molecule has 0 saturated heterocycles. The largest absolute Gasteiger partial charge is 0.252 e. The third kappa shape index (κ3) is 1.46. The van der Waals surface area contributed by atoms with Gasteiger partial charge in [0.25, 0.3) is 5.95 Å². The molecule has 3 aromatic heterocycles. The normalized spacial score (nSPS) is 10.5. The Morgan fingerprint density at radius 2 is 1.62 bits per heavy atom. The van der Waals surface area contributed by atoms with Crippen molar-refractivity contribution in [3.63, 3.8) is 0 Å². The first-order chi connectivity index (χ1) is 7.93. The van der Waals surface area contributed by atoms with E-state index in [9.17, 15) is 0 Å². The van der Waals surface area contributed by atoms with Gasteiger partial charge in [-0.1, -0.05) is 0 Å². The smallest absolute Gasteiger partial charge is 0.222 e. The Hall–Kier alpha value is -2.50. The van der Waals surface area contributed by atoms with E-state index in [2.05, 4.69) is 20.2 Å². The quantitative estimate of drug-likeness (QED) is 0.631. The lowest BCUT2D eigenvalue weighted by molar-refractivity contribution is 0.774. The minimum atomic E-state index is 0.526. The van der Waals surface area contributed by atoms with Gasteiger partial charge >= 0.3 is 0 Å². The Labute approximate surface area is 91.2 Å². The van der Waals surface area contributed by atoms with Crippen molar-refractivity contribution in [1.29, 1.82) is 0 Å². The fraction of sp³-hybridized carbons (Fsp3) is 0. The second-order valence-corrected chi connectivity index (χ2v) is 3.12. The van der Waals surface area contributed by atoms with Crippen molar-refractivity contribution in [2.75, 3.05) is 0 Å². The van der Waals surface area contributed by atoms with Crippen molar-refractivity contribution in [3.8, 4) is 11.8 Å². The maximum Gasteiger partial charge on any atom is 0.252 e. The van der Waals surface area contributed by atoms with Crippen molar-refractivity contribution in [2.45, 2.75) is 0 Å². The van der Waals surface area contributed by atoms with E-state index in [-0.39, 0.29) is 0 Å². The van der Waals surface area contributed by atoms with E-state index in [0.717, 1.165) is 0 Å². The molecule has 0 bridgehead atoms. The fourth-order valence-electron chi connectivity index (χ4n) is 1.37. The van der Waals surface area contributed by atoms with Crippen LogP contribution in [0.5, 0.6) is 0 Å². The highest BCUT2D eigenvalue weighted by Gasteiger charge is 2.02. The molecule has 0 N–H and O–H groups in total. The summed E-state index contributed by atoms with van der Waals surface area (Å²) in [5, 5.41) is 8.18. The molecular formula is C10H8N6. The summed E-state index contributed by atoms with van der Waals surface area (Å²) in [6, 6.07) is 5.46. The van der Waals surface area contributed by atoms with Gasteiger partial charge in [-0.15, -0.1) is 0 Å². The lowest BCUT2D eigenvalue weighted by Crippen LogP contribution is -2.05. The van der Waals surface area contributed by atoms with E-state index in [1.807, 2.05) is 18.3 Å². The molecule has 6 nitrogen and oxygen atoms in total. The first-order valence-electron chi connectivity index (χ1n) is 4.76. The molecule has 0 amide bonds. The van der Waals surface area contributed by atoms with Gasteiger partial charge in [0.1, 0.15) is 0 Å². The van der Waals surface area contributed by atoms with Crippen LogP contribution < -0.4 is 0 Å². The SMILES string of the molecule is c1cnn(-c2ccnc(-n3cccn3)n2)c1. The molecule has 3 rings (SSSR count). The highest BCUT2D eigenvalue weighted by Crippen LogP contribution is 2.04. The van der Waals surface area contributed by atoms with Crippen LogP contribution in [0, 0.1) is 0 Å². The maximum absolute atomic E-state index is 4.35. The van der Waals surface area contributed by atoms with Crippen molar-refractivity contribution in [1.82, 2.24) is 29.5 Å². The van der Waals surface area contributed by atoms with Gasteiger partial charge in [-0.2, -0.15) is 15.2 Å². The van der Waals surface area contributed by atoms with Crippen LogP contribution >= 0.6 is 0 Å². The topological polar surface area (TPSA) is 61.4 Å². The van der Waals surface area contributed by atoms with Crippen LogP contribution in [0.2, 0.25) is 0 Å². The minimum Gasteiger partial charge on any atom is -0.222 e. The molecule has 0 atom stereocenters. The summed E-state index contributed by atoms with van der Waals surface area (Å²) in [7, 11) is 0. The number of hydrogen-bond acceptors (Lipinski definition) is 4. The molecule has 0 radical (unpaired) electrons. The highest BCUT2D eigenvalue weighted by molar-refractivity contribution is 5.23. The summed E-state index contributed by atoms with van der Waals surface area (Å²) in [5.74, 6) is 1.24. The summed E-state index contributed by atoms with van der Waals surface area (Å²) in [5.41, 5.74) is 0. The van der Waals surface area contributed by atoms with Gasteiger partial charge in [0.2, 0.25) is 0 Å². The fourth-order valence-corrected chi connectivity index (χ4v) is 1.37. The number of hydrogen-bond donors (Lipinski definition) is 0. The van der Waals surface area contributed by atoms with Crippen LogP contribution in [-0.2, 0) is 0 Å². The standard InChI is InChI=1S/C10H8N6/c1-4-12-15(7-1)9-3-6-11-10(14-9)16-8-2-5-13-16/h1-8H. The van der Waals surface area contributed by atoms with Crippen LogP contribution in [0.25, 0.3) is 11.8 Å². The van der Waals surface area contributed by atoms with Crippen molar-refractivity contribution in [3.05, 3.63) is 49.2 Å². The van der Waals surface area contributed by atoms with Crippen LogP contribution in [0.15, 0.2) is 49.2 Å². The summed E-state index contributed by atoms with van der Waals surface area (Å²) < 4.78 is 3.28. The van der Waals surface area contributed by atoms with E-state index < -0.39 is 0 Å². The van der Waals surface area contributed by atoms with Gasteiger partial charge in [-0.3, -0.25) is 0 Å². The molecule has 16 heavy (non-hydrogen) atoms. The molecule has 0 aromatic carbocycles. The molecule has 0 aliphatic heterocycles. The molecule has 0 fully saturated rings. The van der Waals surface area contributed by atoms with Gasteiger partial charge in [-0.05, 0) is 12.1 Å². The van der Waals surface area contributed by atoms with E-state index >= 15 is 0 Å². The average Bonchev–Trinajstić information content (AvgIpc) is 3.03. The van der Waals surface area contributed by atoms with E-state index in [1.165, 1.54) is 0 Å². The molecule has 0 spiro atoms. The Bertz CT molecular complexity index is 520. The summed E-state index contributed by atoms with van der Waals surface area (Å²) in [6.07, 6.45) is 8.69. The molecule has 0 unspecified atom stereocenters. The molecule has 0 aliphatic carbocycles. The van der Waals surface area contributed by atoms with Crippen LogP contribution in [-0.4, -0.2) is 29.5 Å². The van der Waals surface area contributed by atoms with Gasteiger partial charge in [-0.25, -0.2) is 14.3 Å². The number of nitrogens with zero attached hydrogens (tertiary/aromatic N) is 6. The van der Waals surface area contributed by atoms with Crippen LogP contribution in [0.4, 0.5) is 0 Å².